The van der Waals surface area contributed by atoms with Crippen molar-refractivity contribution in [3.05, 3.63) is 16.7 Å². The second-order valence-corrected chi connectivity index (χ2v) is 5.74. The first-order valence-corrected chi connectivity index (χ1v) is 6.95. The topological polar surface area (TPSA) is 74.4 Å². The van der Waals surface area contributed by atoms with Crippen LogP contribution < -0.4 is 5.32 Å². The van der Waals surface area contributed by atoms with Crippen molar-refractivity contribution >= 4 is 33.2 Å². The predicted octanol–water partition coefficient (Wildman–Crippen LogP) is 1.46. The fourth-order valence-electron chi connectivity index (χ4n) is 2.42. The van der Waals surface area contributed by atoms with Crippen LogP contribution in [-0.2, 0) is 0 Å². The number of β-amino-alcohol motifs (C(OH)–C–C–N with tert-alkyl or cyclic N) is 1. The van der Waals surface area contributed by atoms with E-state index in [-0.39, 0.29) is 12.1 Å². The molecule has 3 rings (SSSR count). The molecule has 0 spiro atoms. The highest BCUT2D eigenvalue weighted by molar-refractivity contribution is 9.10. The number of nitrogens with one attached hydrogen (secondary N) is 1. The third kappa shape index (κ3) is 2.88. The van der Waals surface area contributed by atoms with Crippen LogP contribution in [0.1, 0.15) is 6.42 Å². The highest BCUT2D eigenvalue weighted by Gasteiger charge is 2.24. The molecule has 2 atom stereocenters. The van der Waals surface area contributed by atoms with Gasteiger partial charge in [0.2, 0.25) is 5.65 Å². The number of pyridine rings is 1. The Labute approximate surface area is 119 Å². The van der Waals surface area contributed by atoms with Gasteiger partial charge in [0.05, 0.1) is 6.10 Å². The van der Waals surface area contributed by atoms with Gasteiger partial charge in [0.1, 0.15) is 4.60 Å². The quantitative estimate of drug-likeness (QED) is 0.814. The Morgan fingerprint density at radius 1 is 1.42 bits per heavy atom. The van der Waals surface area contributed by atoms with E-state index in [1.54, 1.807) is 0 Å². The number of rotatable bonds is 2. The number of likely N-dealkylation sites (N-methyl/N-ethyl adjacent to an activating group) is 1. The minimum absolute atomic E-state index is 0.130. The second-order valence-electron chi connectivity index (χ2n) is 4.93. The molecule has 2 aromatic heterocycles. The molecule has 0 bridgehead atoms. The first-order valence-electron chi connectivity index (χ1n) is 6.16. The normalized spacial score (nSPS) is 24.8. The Morgan fingerprint density at radius 3 is 3.05 bits per heavy atom. The monoisotopic (exact) mass is 326 g/mol. The van der Waals surface area contributed by atoms with Gasteiger partial charge in [0, 0.05) is 19.1 Å². The molecule has 7 heteroatoms. The molecule has 0 amide bonds. The fourth-order valence-corrected chi connectivity index (χ4v) is 2.72. The zero-order valence-electron chi connectivity index (χ0n) is 10.5. The SMILES string of the molecule is CN1CC(Nc2nc3nc(Br)ccc3o2)C[C@@H](O)C1. The van der Waals surface area contributed by atoms with Crippen molar-refractivity contribution in [3.63, 3.8) is 0 Å². The van der Waals surface area contributed by atoms with Crippen molar-refractivity contribution in [2.24, 2.45) is 0 Å². The molecule has 1 aliphatic rings. The molecule has 1 saturated heterocycles. The molecule has 2 aromatic rings. The zero-order chi connectivity index (χ0) is 13.4. The van der Waals surface area contributed by atoms with Crippen LogP contribution in [0.25, 0.3) is 11.2 Å². The molecule has 19 heavy (non-hydrogen) atoms. The molecule has 6 nitrogen and oxygen atoms in total. The van der Waals surface area contributed by atoms with E-state index in [1.807, 2.05) is 19.2 Å². The summed E-state index contributed by atoms with van der Waals surface area (Å²) in [6.07, 6.45) is 0.382. The number of halogens is 1. The lowest BCUT2D eigenvalue weighted by molar-refractivity contribution is 0.0775. The van der Waals surface area contributed by atoms with E-state index in [4.69, 9.17) is 4.42 Å². The number of aliphatic hydroxyl groups excluding tert-OH is 1. The molecule has 0 radical (unpaired) electrons. The summed E-state index contributed by atoms with van der Waals surface area (Å²) in [5.74, 6) is 0. The Hall–Kier alpha value is -1.18. The average Bonchev–Trinajstić information content (AvgIpc) is 2.68. The summed E-state index contributed by atoms with van der Waals surface area (Å²) in [7, 11) is 1.99. The lowest BCUT2D eigenvalue weighted by atomic mass is 10.0. The van der Waals surface area contributed by atoms with Gasteiger partial charge in [-0.15, -0.1) is 0 Å². The summed E-state index contributed by atoms with van der Waals surface area (Å²) < 4.78 is 6.32. The average molecular weight is 327 g/mol. The number of hydrogen-bond donors (Lipinski definition) is 2. The number of nitrogens with zero attached hydrogens (tertiary/aromatic N) is 3. The van der Waals surface area contributed by atoms with Crippen molar-refractivity contribution in [1.82, 2.24) is 14.9 Å². The highest BCUT2D eigenvalue weighted by Crippen LogP contribution is 2.21. The van der Waals surface area contributed by atoms with Crippen LogP contribution in [0.2, 0.25) is 0 Å². The van der Waals surface area contributed by atoms with Crippen molar-refractivity contribution in [3.8, 4) is 0 Å². The van der Waals surface area contributed by atoms with Crippen molar-refractivity contribution in [2.75, 3.05) is 25.5 Å². The number of piperidine rings is 1. The van der Waals surface area contributed by atoms with Crippen LogP contribution in [-0.4, -0.2) is 52.3 Å². The van der Waals surface area contributed by atoms with Crippen molar-refractivity contribution < 1.29 is 9.52 Å². The molecule has 0 aromatic carbocycles. The van der Waals surface area contributed by atoms with E-state index in [0.29, 0.717) is 30.2 Å². The van der Waals surface area contributed by atoms with Gasteiger partial charge in [-0.05, 0) is 41.5 Å². The van der Waals surface area contributed by atoms with Crippen LogP contribution in [0.4, 0.5) is 6.01 Å². The summed E-state index contributed by atoms with van der Waals surface area (Å²) >= 11 is 3.30. The Bertz CT molecular complexity index is 578. The predicted molar refractivity (Wildman–Crippen MR) is 75.0 cm³/mol. The highest BCUT2D eigenvalue weighted by atomic mass is 79.9. The Kier molecular flexibility index (Phi) is 3.42. The number of aromatic nitrogens is 2. The lowest BCUT2D eigenvalue weighted by Gasteiger charge is -2.33. The van der Waals surface area contributed by atoms with Crippen molar-refractivity contribution in [1.29, 1.82) is 0 Å². The van der Waals surface area contributed by atoms with Gasteiger partial charge in [-0.2, -0.15) is 4.98 Å². The van der Waals surface area contributed by atoms with Gasteiger partial charge in [0.25, 0.3) is 6.01 Å². The second kappa shape index (κ2) is 5.07. The first kappa shape index (κ1) is 12.8. The van der Waals surface area contributed by atoms with E-state index in [9.17, 15) is 5.11 Å². The Balaban J connectivity index is 1.77. The van der Waals surface area contributed by atoms with Gasteiger partial charge in [-0.25, -0.2) is 4.98 Å². The van der Waals surface area contributed by atoms with Gasteiger partial charge in [-0.3, -0.25) is 0 Å². The number of likely N-dealkylation sites (tertiary alicyclic amines) is 1. The molecular formula is C12H15BrN4O2. The summed E-state index contributed by atoms with van der Waals surface area (Å²) in [6, 6.07) is 4.22. The molecule has 1 fully saturated rings. The standard InChI is InChI=1S/C12H15BrN4O2/c1-17-5-7(4-8(18)6-17)14-12-16-11-9(19-12)2-3-10(13)15-11/h2-3,7-8,18H,4-6H2,1H3,(H,14,15,16)/t7?,8-/m1/s1. The third-order valence-electron chi connectivity index (χ3n) is 3.16. The van der Waals surface area contributed by atoms with Crippen LogP contribution in [0.15, 0.2) is 21.2 Å². The van der Waals surface area contributed by atoms with Crippen LogP contribution in [0, 0.1) is 0 Å². The summed E-state index contributed by atoms with van der Waals surface area (Å²) in [6.45, 7) is 1.56. The minimum atomic E-state index is -0.312. The molecule has 2 N–H and O–H groups in total. The lowest BCUT2D eigenvalue weighted by Crippen LogP contribution is -2.46. The fraction of sp³-hybridized carbons (Fsp3) is 0.500. The molecule has 102 valence electrons. The van der Waals surface area contributed by atoms with Crippen LogP contribution in [0.3, 0.4) is 0 Å². The molecule has 1 unspecified atom stereocenters. The number of oxazole rings is 1. The molecule has 0 saturated carbocycles. The van der Waals surface area contributed by atoms with Gasteiger partial charge in [-0.1, -0.05) is 0 Å². The van der Waals surface area contributed by atoms with E-state index in [2.05, 4.69) is 36.1 Å². The number of hydrogen-bond acceptors (Lipinski definition) is 6. The molecule has 1 aliphatic heterocycles. The minimum Gasteiger partial charge on any atom is -0.422 e. The first-order chi connectivity index (χ1) is 9.10. The van der Waals surface area contributed by atoms with E-state index < -0.39 is 0 Å². The molecule has 0 aliphatic carbocycles. The van der Waals surface area contributed by atoms with Crippen molar-refractivity contribution in [2.45, 2.75) is 18.6 Å². The Morgan fingerprint density at radius 2 is 2.26 bits per heavy atom. The smallest absolute Gasteiger partial charge is 0.297 e. The van der Waals surface area contributed by atoms with E-state index >= 15 is 0 Å². The number of fused-ring (bicyclic) bond motifs is 1. The zero-order valence-corrected chi connectivity index (χ0v) is 12.1. The molecular weight excluding hydrogens is 312 g/mol. The maximum absolute atomic E-state index is 9.75. The molecule has 3 heterocycles. The third-order valence-corrected chi connectivity index (χ3v) is 3.60. The summed E-state index contributed by atoms with van der Waals surface area (Å²) in [5, 5.41) is 13.0. The largest absolute Gasteiger partial charge is 0.422 e. The summed E-state index contributed by atoms with van der Waals surface area (Å²) in [4.78, 5) is 10.6. The van der Waals surface area contributed by atoms with Gasteiger partial charge in [0.15, 0.2) is 5.58 Å². The number of aliphatic hydroxyl groups is 1. The van der Waals surface area contributed by atoms with Crippen LogP contribution >= 0.6 is 15.9 Å². The van der Waals surface area contributed by atoms with Gasteiger partial charge < -0.3 is 19.7 Å². The van der Waals surface area contributed by atoms with Gasteiger partial charge >= 0.3 is 0 Å². The number of anilines is 1. The van der Waals surface area contributed by atoms with E-state index in [1.165, 1.54) is 0 Å². The van der Waals surface area contributed by atoms with E-state index in [0.717, 1.165) is 11.1 Å². The van der Waals surface area contributed by atoms with Crippen LogP contribution in [0.5, 0.6) is 0 Å². The maximum atomic E-state index is 9.75. The maximum Gasteiger partial charge on any atom is 0.297 e. The summed E-state index contributed by atoms with van der Waals surface area (Å²) in [5.41, 5.74) is 1.22.